The minimum absolute atomic E-state index is 0.603. The SMILES string of the molecule is CNCCNc1cc(NCC(C)C)nc(C)n1. The molecule has 3 N–H and O–H groups in total. The molecule has 1 aromatic heterocycles. The predicted octanol–water partition coefficient (Wildman–Crippen LogP) is 1.48. The Bertz CT molecular complexity index is 338. The number of rotatable bonds is 7. The fourth-order valence-corrected chi connectivity index (χ4v) is 1.37. The van der Waals surface area contributed by atoms with Crippen LogP contribution in [0.1, 0.15) is 19.7 Å². The number of nitrogens with zero attached hydrogens (tertiary/aromatic N) is 2. The van der Waals surface area contributed by atoms with E-state index >= 15 is 0 Å². The lowest BCUT2D eigenvalue weighted by atomic mass is 10.2. The van der Waals surface area contributed by atoms with E-state index in [0.717, 1.165) is 37.1 Å². The van der Waals surface area contributed by atoms with Crippen molar-refractivity contribution < 1.29 is 0 Å². The quantitative estimate of drug-likeness (QED) is 0.627. The zero-order valence-corrected chi connectivity index (χ0v) is 11.2. The van der Waals surface area contributed by atoms with E-state index in [4.69, 9.17) is 0 Å². The molecule has 96 valence electrons. The Morgan fingerprint density at radius 1 is 1.12 bits per heavy atom. The van der Waals surface area contributed by atoms with E-state index in [9.17, 15) is 0 Å². The second-order valence-electron chi connectivity index (χ2n) is 4.49. The van der Waals surface area contributed by atoms with Crippen molar-refractivity contribution in [3.63, 3.8) is 0 Å². The molecule has 5 nitrogen and oxygen atoms in total. The summed E-state index contributed by atoms with van der Waals surface area (Å²) in [5, 5.41) is 9.66. The monoisotopic (exact) mass is 237 g/mol. The summed E-state index contributed by atoms with van der Waals surface area (Å²) < 4.78 is 0. The van der Waals surface area contributed by atoms with Gasteiger partial charge in [0.25, 0.3) is 0 Å². The highest BCUT2D eigenvalue weighted by molar-refractivity contribution is 5.47. The molecule has 0 radical (unpaired) electrons. The first-order valence-corrected chi connectivity index (χ1v) is 6.10. The summed E-state index contributed by atoms with van der Waals surface area (Å²) in [7, 11) is 1.93. The first kappa shape index (κ1) is 13.7. The Balaban J connectivity index is 2.59. The lowest BCUT2D eigenvalue weighted by molar-refractivity contribution is 0.686. The van der Waals surface area contributed by atoms with Crippen LogP contribution in [0.5, 0.6) is 0 Å². The number of aryl methyl sites for hydroxylation is 1. The zero-order chi connectivity index (χ0) is 12.7. The maximum Gasteiger partial charge on any atom is 0.131 e. The number of anilines is 2. The molecule has 0 aromatic carbocycles. The average Bonchev–Trinajstić information content (AvgIpc) is 2.26. The van der Waals surface area contributed by atoms with Crippen molar-refractivity contribution in [1.29, 1.82) is 0 Å². The van der Waals surface area contributed by atoms with Crippen LogP contribution in [0.3, 0.4) is 0 Å². The third-order valence-corrected chi connectivity index (χ3v) is 2.21. The molecule has 1 rings (SSSR count). The van der Waals surface area contributed by atoms with Crippen LogP contribution >= 0.6 is 0 Å². The molecule has 0 amide bonds. The van der Waals surface area contributed by atoms with Crippen molar-refractivity contribution in [2.75, 3.05) is 37.3 Å². The highest BCUT2D eigenvalue weighted by Gasteiger charge is 2.02. The Morgan fingerprint density at radius 3 is 2.35 bits per heavy atom. The topological polar surface area (TPSA) is 61.9 Å². The number of hydrogen-bond donors (Lipinski definition) is 3. The highest BCUT2D eigenvalue weighted by atomic mass is 15.1. The standard InChI is InChI=1S/C12H23N5/c1-9(2)8-15-12-7-11(14-6-5-13-4)16-10(3)17-12/h7,9,13H,5-6,8H2,1-4H3,(H2,14,15,16,17). The molecule has 0 fully saturated rings. The van der Waals surface area contributed by atoms with Gasteiger partial charge in [0, 0.05) is 25.7 Å². The molecule has 0 saturated heterocycles. The van der Waals surface area contributed by atoms with Gasteiger partial charge >= 0.3 is 0 Å². The molecule has 0 atom stereocenters. The number of hydrogen-bond acceptors (Lipinski definition) is 5. The van der Waals surface area contributed by atoms with Crippen molar-refractivity contribution in [3.05, 3.63) is 11.9 Å². The Morgan fingerprint density at radius 2 is 1.76 bits per heavy atom. The van der Waals surface area contributed by atoms with E-state index < -0.39 is 0 Å². The van der Waals surface area contributed by atoms with Crippen LogP contribution in [0.4, 0.5) is 11.6 Å². The second-order valence-corrected chi connectivity index (χ2v) is 4.49. The molecule has 0 aliphatic carbocycles. The number of nitrogens with one attached hydrogen (secondary N) is 3. The van der Waals surface area contributed by atoms with E-state index in [-0.39, 0.29) is 0 Å². The van der Waals surface area contributed by atoms with Gasteiger partial charge in [-0.1, -0.05) is 13.8 Å². The minimum Gasteiger partial charge on any atom is -0.370 e. The fraction of sp³-hybridized carbons (Fsp3) is 0.667. The van der Waals surface area contributed by atoms with Crippen LogP contribution < -0.4 is 16.0 Å². The molecule has 5 heteroatoms. The lowest BCUT2D eigenvalue weighted by Gasteiger charge is -2.11. The summed E-state index contributed by atoms with van der Waals surface area (Å²) in [6.45, 7) is 8.95. The minimum atomic E-state index is 0.603. The molecule has 0 unspecified atom stereocenters. The van der Waals surface area contributed by atoms with Crippen LogP contribution in [-0.4, -0.2) is 36.6 Å². The molecular formula is C12H23N5. The van der Waals surface area contributed by atoms with E-state index in [1.165, 1.54) is 0 Å². The summed E-state index contributed by atoms with van der Waals surface area (Å²) in [6, 6.07) is 1.95. The van der Waals surface area contributed by atoms with Crippen molar-refractivity contribution in [3.8, 4) is 0 Å². The van der Waals surface area contributed by atoms with Crippen molar-refractivity contribution >= 4 is 11.6 Å². The molecule has 0 aliphatic heterocycles. The number of likely N-dealkylation sites (N-methyl/N-ethyl adjacent to an activating group) is 1. The maximum absolute atomic E-state index is 4.36. The average molecular weight is 237 g/mol. The summed E-state index contributed by atoms with van der Waals surface area (Å²) in [5.41, 5.74) is 0. The Labute approximate surface area is 103 Å². The molecule has 0 spiro atoms. The molecule has 1 aromatic rings. The van der Waals surface area contributed by atoms with Crippen LogP contribution in [0.15, 0.2) is 6.07 Å². The van der Waals surface area contributed by atoms with Crippen molar-refractivity contribution in [2.24, 2.45) is 5.92 Å². The van der Waals surface area contributed by atoms with Crippen molar-refractivity contribution in [2.45, 2.75) is 20.8 Å². The van der Waals surface area contributed by atoms with Gasteiger partial charge < -0.3 is 16.0 Å². The smallest absolute Gasteiger partial charge is 0.131 e. The van der Waals surface area contributed by atoms with Crippen LogP contribution in [0.25, 0.3) is 0 Å². The van der Waals surface area contributed by atoms with Gasteiger partial charge in [-0.3, -0.25) is 0 Å². The first-order valence-electron chi connectivity index (χ1n) is 6.10. The fourth-order valence-electron chi connectivity index (χ4n) is 1.37. The third kappa shape index (κ3) is 5.49. The normalized spacial score (nSPS) is 10.6. The Hall–Kier alpha value is -1.36. The van der Waals surface area contributed by atoms with Gasteiger partial charge in [-0.05, 0) is 19.9 Å². The molecule has 0 bridgehead atoms. The lowest BCUT2D eigenvalue weighted by Crippen LogP contribution is -2.18. The molecule has 1 heterocycles. The molecular weight excluding hydrogens is 214 g/mol. The third-order valence-electron chi connectivity index (χ3n) is 2.21. The second kappa shape index (κ2) is 7.06. The van der Waals surface area contributed by atoms with Crippen LogP contribution in [0.2, 0.25) is 0 Å². The van der Waals surface area contributed by atoms with Crippen LogP contribution in [0, 0.1) is 12.8 Å². The van der Waals surface area contributed by atoms with E-state index in [1.54, 1.807) is 0 Å². The summed E-state index contributed by atoms with van der Waals surface area (Å²) in [6.07, 6.45) is 0. The van der Waals surface area contributed by atoms with Gasteiger partial charge in [0.1, 0.15) is 17.5 Å². The number of aromatic nitrogens is 2. The molecule has 0 aliphatic rings. The van der Waals surface area contributed by atoms with Crippen LogP contribution in [-0.2, 0) is 0 Å². The molecule has 17 heavy (non-hydrogen) atoms. The Kier molecular flexibility index (Phi) is 5.69. The highest BCUT2D eigenvalue weighted by Crippen LogP contribution is 2.11. The van der Waals surface area contributed by atoms with Gasteiger partial charge in [-0.25, -0.2) is 9.97 Å². The first-order chi connectivity index (χ1) is 8.11. The van der Waals surface area contributed by atoms with Gasteiger partial charge in [-0.2, -0.15) is 0 Å². The summed E-state index contributed by atoms with van der Waals surface area (Å²) in [5.74, 6) is 3.15. The molecule has 0 saturated carbocycles. The van der Waals surface area contributed by atoms with Gasteiger partial charge in [0.2, 0.25) is 0 Å². The van der Waals surface area contributed by atoms with Gasteiger partial charge in [0.15, 0.2) is 0 Å². The zero-order valence-electron chi connectivity index (χ0n) is 11.2. The van der Waals surface area contributed by atoms with E-state index in [0.29, 0.717) is 5.92 Å². The van der Waals surface area contributed by atoms with Gasteiger partial charge in [-0.15, -0.1) is 0 Å². The van der Waals surface area contributed by atoms with Gasteiger partial charge in [0.05, 0.1) is 0 Å². The van der Waals surface area contributed by atoms with E-state index in [2.05, 4.69) is 39.8 Å². The predicted molar refractivity (Wildman–Crippen MR) is 72.5 cm³/mol. The summed E-state index contributed by atoms with van der Waals surface area (Å²) in [4.78, 5) is 8.70. The van der Waals surface area contributed by atoms with Crippen molar-refractivity contribution in [1.82, 2.24) is 15.3 Å². The largest absolute Gasteiger partial charge is 0.370 e. The maximum atomic E-state index is 4.36. The summed E-state index contributed by atoms with van der Waals surface area (Å²) >= 11 is 0. The van der Waals surface area contributed by atoms with E-state index in [1.807, 2.05) is 20.0 Å².